The third-order valence-corrected chi connectivity index (χ3v) is 2.79. The first-order valence-corrected chi connectivity index (χ1v) is 6.58. The number of benzene rings is 2. The van der Waals surface area contributed by atoms with E-state index < -0.39 is 5.82 Å². The number of rotatable bonds is 5. The van der Waals surface area contributed by atoms with Crippen LogP contribution in [0, 0.1) is 5.82 Å². The number of aromatic hydroxyl groups is 1. The highest BCUT2D eigenvalue weighted by Crippen LogP contribution is 2.21. The normalized spacial score (nSPS) is 10.2. The lowest BCUT2D eigenvalue weighted by Crippen LogP contribution is -2.14. The van der Waals surface area contributed by atoms with Gasteiger partial charge in [0.1, 0.15) is 5.75 Å². The Kier molecular flexibility index (Phi) is 4.77. The van der Waals surface area contributed by atoms with Crippen LogP contribution < -0.4 is 10.1 Å². The molecule has 1 amide bonds. The van der Waals surface area contributed by atoms with E-state index in [0.717, 1.165) is 0 Å². The van der Waals surface area contributed by atoms with Crippen molar-refractivity contribution < 1.29 is 19.0 Å². The van der Waals surface area contributed by atoms with Gasteiger partial charge in [0.2, 0.25) is 5.91 Å². The molecule has 0 saturated carbocycles. The summed E-state index contributed by atoms with van der Waals surface area (Å²) in [5, 5.41) is 11.9. The molecule has 5 heteroatoms. The van der Waals surface area contributed by atoms with Crippen molar-refractivity contribution in [1.29, 1.82) is 0 Å². The average molecular weight is 289 g/mol. The number of phenolic OH excluding ortho intramolecular Hbond substituents is 1. The zero-order chi connectivity index (χ0) is 15.2. The number of carbonyl (C=O) groups excluding carboxylic acids is 1. The number of hydrogen-bond acceptors (Lipinski definition) is 3. The van der Waals surface area contributed by atoms with Gasteiger partial charge < -0.3 is 15.2 Å². The van der Waals surface area contributed by atoms with Crippen molar-refractivity contribution in [3.05, 3.63) is 53.8 Å². The Morgan fingerprint density at radius 3 is 2.76 bits per heavy atom. The molecule has 4 nitrogen and oxygen atoms in total. The lowest BCUT2D eigenvalue weighted by molar-refractivity contribution is -0.115. The Balaban J connectivity index is 2.01. The van der Waals surface area contributed by atoms with Crippen LogP contribution in [-0.2, 0) is 11.2 Å². The molecular weight excluding hydrogens is 273 g/mol. The van der Waals surface area contributed by atoms with Crippen molar-refractivity contribution in [3.63, 3.8) is 0 Å². The van der Waals surface area contributed by atoms with Gasteiger partial charge in [0.15, 0.2) is 11.6 Å². The minimum absolute atomic E-state index is 0.100. The zero-order valence-corrected chi connectivity index (χ0v) is 11.6. The lowest BCUT2D eigenvalue weighted by atomic mass is 10.1. The average Bonchev–Trinajstić information content (AvgIpc) is 2.42. The Labute approximate surface area is 122 Å². The maximum absolute atomic E-state index is 13.7. The van der Waals surface area contributed by atoms with E-state index >= 15 is 0 Å². The first kappa shape index (κ1) is 14.8. The van der Waals surface area contributed by atoms with Crippen LogP contribution in [0.25, 0.3) is 0 Å². The van der Waals surface area contributed by atoms with Gasteiger partial charge >= 0.3 is 0 Å². The summed E-state index contributed by atoms with van der Waals surface area (Å²) in [5.41, 5.74) is 1.04. The van der Waals surface area contributed by atoms with E-state index in [9.17, 15) is 14.3 Å². The third-order valence-electron chi connectivity index (χ3n) is 2.79. The number of hydrogen-bond donors (Lipinski definition) is 2. The Morgan fingerprint density at radius 1 is 1.29 bits per heavy atom. The molecule has 0 atom stereocenters. The molecule has 0 aliphatic heterocycles. The second kappa shape index (κ2) is 6.74. The fourth-order valence-corrected chi connectivity index (χ4v) is 1.91. The standard InChI is InChI=1S/C16H16FNO3/c1-2-21-15-7-6-12(10-14(15)17)18-16(20)9-11-4-3-5-13(19)8-11/h3-8,10,19H,2,9H2,1H3,(H,18,20). The molecule has 2 rings (SSSR count). The topological polar surface area (TPSA) is 58.6 Å². The molecule has 0 fully saturated rings. The van der Waals surface area contributed by atoms with Crippen LogP contribution in [0.5, 0.6) is 11.5 Å². The van der Waals surface area contributed by atoms with Gasteiger partial charge in [-0.25, -0.2) is 4.39 Å². The zero-order valence-electron chi connectivity index (χ0n) is 11.6. The molecule has 0 aromatic heterocycles. The smallest absolute Gasteiger partial charge is 0.228 e. The van der Waals surface area contributed by atoms with Gasteiger partial charge in [0.25, 0.3) is 0 Å². The summed E-state index contributed by atoms with van der Waals surface area (Å²) in [6.45, 7) is 2.14. The van der Waals surface area contributed by atoms with Crippen molar-refractivity contribution >= 4 is 11.6 Å². The van der Waals surface area contributed by atoms with Crippen molar-refractivity contribution in [2.75, 3.05) is 11.9 Å². The van der Waals surface area contributed by atoms with E-state index in [2.05, 4.69) is 5.32 Å². The fourth-order valence-electron chi connectivity index (χ4n) is 1.91. The lowest BCUT2D eigenvalue weighted by Gasteiger charge is -2.08. The van der Waals surface area contributed by atoms with Crippen molar-refractivity contribution in [1.82, 2.24) is 0 Å². The van der Waals surface area contributed by atoms with Crippen LogP contribution in [0.15, 0.2) is 42.5 Å². The second-order valence-corrected chi connectivity index (χ2v) is 4.47. The van der Waals surface area contributed by atoms with Crippen LogP contribution in [0.1, 0.15) is 12.5 Å². The number of halogens is 1. The first-order chi connectivity index (χ1) is 10.1. The molecule has 0 aliphatic rings. The molecule has 21 heavy (non-hydrogen) atoms. The molecule has 2 N–H and O–H groups in total. The molecule has 0 saturated heterocycles. The van der Waals surface area contributed by atoms with Gasteiger partial charge in [-0.1, -0.05) is 12.1 Å². The van der Waals surface area contributed by atoms with Gasteiger partial charge in [-0.2, -0.15) is 0 Å². The summed E-state index contributed by atoms with van der Waals surface area (Å²) >= 11 is 0. The van der Waals surface area contributed by atoms with E-state index in [-0.39, 0.29) is 23.8 Å². The molecular formula is C16H16FNO3. The number of ether oxygens (including phenoxy) is 1. The third kappa shape index (κ3) is 4.21. The maximum atomic E-state index is 13.7. The van der Waals surface area contributed by atoms with Crippen LogP contribution >= 0.6 is 0 Å². The highest BCUT2D eigenvalue weighted by molar-refractivity contribution is 5.92. The summed E-state index contributed by atoms with van der Waals surface area (Å²) in [6.07, 6.45) is 0.100. The SMILES string of the molecule is CCOc1ccc(NC(=O)Cc2cccc(O)c2)cc1F. The molecule has 0 aliphatic carbocycles. The highest BCUT2D eigenvalue weighted by atomic mass is 19.1. The van der Waals surface area contributed by atoms with E-state index in [1.165, 1.54) is 24.3 Å². The quantitative estimate of drug-likeness (QED) is 0.889. The Morgan fingerprint density at radius 2 is 2.10 bits per heavy atom. The molecule has 0 bridgehead atoms. The van der Waals surface area contributed by atoms with E-state index in [1.807, 2.05) is 0 Å². The molecule has 2 aromatic carbocycles. The number of nitrogens with one attached hydrogen (secondary N) is 1. The molecule has 0 radical (unpaired) electrons. The van der Waals surface area contributed by atoms with Gasteiger partial charge in [0, 0.05) is 11.8 Å². The van der Waals surface area contributed by atoms with Crippen molar-refractivity contribution in [2.45, 2.75) is 13.3 Å². The Bertz CT molecular complexity index is 643. The van der Waals surface area contributed by atoms with Crippen LogP contribution in [0.3, 0.4) is 0 Å². The summed E-state index contributed by atoms with van der Waals surface area (Å²) < 4.78 is 18.7. The maximum Gasteiger partial charge on any atom is 0.228 e. The molecule has 0 heterocycles. The van der Waals surface area contributed by atoms with Gasteiger partial charge in [-0.05, 0) is 36.8 Å². The molecule has 110 valence electrons. The van der Waals surface area contributed by atoms with Gasteiger partial charge in [-0.3, -0.25) is 4.79 Å². The highest BCUT2D eigenvalue weighted by Gasteiger charge is 2.08. The van der Waals surface area contributed by atoms with Gasteiger partial charge in [-0.15, -0.1) is 0 Å². The number of anilines is 1. The minimum Gasteiger partial charge on any atom is -0.508 e. The van der Waals surface area contributed by atoms with Crippen molar-refractivity contribution in [3.8, 4) is 11.5 Å². The molecule has 2 aromatic rings. The number of amides is 1. The molecule has 0 unspecified atom stereocenters. The summed E-state index contributed by atoms with van der Waals surface area (Å²) in [5.74, 6) is -0.549. The van der Waals surface area contributed by atoms with Crippen LogP contribution in [0.2, 0.25) is 0 Å². The van der Waals surface area contributed by atoms with E-state index in [4.69, 9.17) is 4.74 Å². The minimum atomic E-state index is -0.521. The van der Waals surface area contributed by atoms with Gasteiger partial charge in [0.05, 0.1) is 13.0 Å². The fraction of sp³-hybridized carbons (Fsp3) is 0.188. The molecule has 0 spiro atoms. The largest absolute Gasteiger partial charge is 0.508 e. The predicted octanol–water partition coefficient (Wildman–Crippen LogP) is 3.11. The first-order valence-electron chi connectivity index (χ1n) is 6.58. The number of phenols is 1. The summed E-state index contributed by atoms with van der Waals surface area (Å²) in [4.78, 5) is 11.9. The van der Waals surface area contributed by atoms with Crippen molar-refractivity contribution in [2.24, 2.45) is 0 Å². The summed E-state index contributed by atoms with van der Waals surface area (Å²) in [6, 6.07) is 10.7. The van der Waals surface area contributed by atoms with E-state index in [0.29, 0.717) is 17.9 Å². The monoisotopic (exact) mass is 289 g/mol. The summed E-state index contributed by atoms with van der Waals surface area (Å²) in [7, 11) is 0. The van der Waals surface area contributed by atoms with Crippen LogP contribution in [0.4, 0.5) is 10.1 Å². The predicted molar refractivity (Wildman–Crippen MR) is 78.0 cm³/mol. The number of carbonyl (C=O) groups is 1. The second-order valence-electron chi connectivity index (χ2n) is 4.47. The Hall–Kier alpha value is -2.56. The van der Waals surface area contributed by atoms with E-state index in [1.54, 1.807) is 25.1 Å². The van der Waals surface area contributed by atoms with Crippen LogP contribution in [-0.4, -0.2) is 17.6 Å².